The van der Waals surface area contributed by atoms with Crippen LogP contribution in [0.5, 0.6) is 0 Å². The van der Waals surface area contributed by atoms with Gasteiger partial charge in [0.2, 0.25) is 0 Å². The summed E-state index contributed by atoms with van der Waals surface area (Å²) in [7, 11) is 0. The second kappa shape index (κ2) is 6.40. The Labute approximate surface area is 143 Å². The zero-order valence-corrected chi connectivity index (χ0v) is 15.1. The zero-order chi connectivity index (χ0) is 17.5. The van der Waals surface area contributed by atoms with Crippen molar-refractivity contribution >= 4 is 5.97 Å². The lowest BCUT2D eigenvalue weighted by Gasteiger charge is -2.51. The van der Waals surface area contributed by atoms with Crippen molar-refractivity contribution < 1.29 is 19.1 Å². The lowest BCUT2D eigenvalue weighted by Crippen LogP contribution is -2.48. The van der Waals surface area contributed by atoms with E-state index in [1.165, 1.54) is 11.1 Å². The predicted octanol–water partition coefficient (Wildman–Crippen LogP) is 3.59. The molecule has 0 aromatic carbocycles. The van der Waals surface area contributed by atoms with E-state index in [-0.39, 0.29) is 24.1 Å². The highest BCUT2D eigenvalue weighted by molar-refractivity contribution is 5.88. The van der Waals surface area contributed by atoms with Gasteiger partial charge in [-0.2, -0.15) is 0 Å². The van der Waals surface area contributed by atoms with Crippen LogP contribution in [-0.2, 0) is 22.4 Å². The van der Waals surface area contributed by atoms with E-state index in [0.29, 0.717) is 17.4 Å². The molecule has 0 bridgehead atoms. The molecular weight excluding hydrogens is 304 g/mol. The Morgan fingerprint density at radius 1 is 1.50 bits per heavy atom. The van der Waals surface area contributed by atoms with Crippen molar-refractivity contribution in [1.82, 2.24) is 0 Å². The SMILES string of the molecule is CC=C(CO)C(=O)OC1CC(C)C2(C)Cc3c(C)coc3CC2C1. The van der Waals surface area contributed by atoms with E-state index in [0.717, 1.165) is 31.4 Å². The quantitative estimate of drug-likeness (QED) is 0.679. The Bertz CT molecular complexity index is 657. The third-order valence-electron chi connectivity index (χ3n) is 6.46. The number of rotatable bonds is 3. The predicted molar refractivity (Wildman–Crippen MR) is 91.6 cm³/mol. The number of hydrogen-bond donors (Lipinski definition) is 1. The van der Waals surface area contributed by atoms with E-state index >= 15 is 0 Å². The molecule has 3 rings (SSSR count). The molecule has 1 fully saturated rings. The molecule has 4 unspecified atom stereocenters. The highest BCUT2D eigenvalue weighted by atomic mass is 16.5. The summed E-state index contributed by atoms with van der Waals surface area (Å²) < 4.78 is 11.5. The fraction of sp³-hybridized carbons (Fsp3) is 0.650. The molecule has 0 radical (unpaired) electrons. The van der Waals surface area contributed by atoms with Crippen LogP contribution < -0.4 is 0 Å². The standard InChI is InChI=1S/C20H28O4/c1-5-14(10-21)19(22)24-16-6-13(3)20(4)9-17-12(2)11-23-18(17)8-15(20)7-16/h5,11,13,15-16,21H,6-10H2,1-4H3. The van der Waals surface area contributed by atoms with Gasteiger partial charge in [-0.25, -0.2) is 4.79 Å². The van der Waals surface area contributed by atoms with Crippen LogP contribution in [0.3, 0.4) is 0 Å². The Hall–Kier alpha value is -1.55. The van der Waals surface area contributed by atoms with Gasteiger partial charge in [0.1, 0.15) is 11.9 Å². The van der Waals surface area contributed by atoms with Crippen molar-refractivity contribution in [2.24, 2.45) is 17.3 Å². The number of hydrogen-bond acceptors (Lipinski definition) is 4. The largest absolute Gasteiger partial charge is 0.469 e. The zero-order valence-electron chi connectivity index (χ0n) is 15.1. The van der Waals surface area contributed by atoms with Gasteiger partial charge in [0, 0.05) is 6.42 Å². The van der Waals surface area contributed by atoms with E-state index in [2.05, 4.69) is 20.8 Å². The highest BCUT2D eigenvalue weighted by Gasteiger charge is 2.49. The molecule has 2 aliphatic rings. The number of carbonyl (C=O) groups excluding carboxylic acids is 1. The molecule has 24 heavy (non-hydrogen) atoms. The van der Waals surface area contributed by atoms with Gasteiger partial charge in [0.05, 0.1) is 18.4 Å². The van der Waals surface area contributed by atoms with Crippen LogP contribution in [0.1, 0.15) is 50.5 Å². The molecule has 4 heteroatoms. The van der Waals surface area contributed by atoms with Crippen LogP contribution in [0.15, 0.2) is 22.3 Å². The summed E-state index contributed by atoms with van der Waals surface area (Å²) in [5.74, 6) is 1.66. The van der Waals surface area contributed by atoms with Crippen LogP contribution in [0.2, 0.25) is 0 Å². The van der Waals surface area contributed by atoms with Crippen molar-refractivity contribution in [1.29, 1.82) is 0 Å². The topological polar surface area (TPSA) is 59.7 Å². The van der Waals surface area contributed by atoms with Crippen LogP contribution in [0.4, 0.5) is 0 Å². The molecule has 4 atom stereocenters. The fourth-order valence-electron chi connectivity index (χ4n) is 4.52. The number of aryl methyl sites for hydroxylation is 1. The van der Waals surface area contributed by atoms with Gasteiger partial charge in [0.25, 0.3) is 0 Å². The molecule has 1 aromatic heterocycles. The van der Waals surface area contributed by atoms with Crippen molar-refractivity contribution in [3.05, 3.63) is 34.8 Å². The van der Waals surface area contributed by atoms with E-state index in [1.54, 1.807) is 13.0 Å². The van der Waals surface area contributed by atoms with E-state index in [1.807, 2.05) is 6.26 Å². The molecule has 1 saturated carbocycles. The molecule has 0 saturated heterocycles. The van der Waals surface area contributed by atoms with Crippen molar-refractivity contribution in [3.63, 3.8) is 0 Å². The summed E-state index contributed by atoms with van der Waals surface area (Å²) in [6.07, 6.45) is 7.14. The van der Waals surface area contributed by atoms with Gasteiger partial charge < -0.3 is 14.3 Å². The van der Waals surface area contributed by atoms with Crippen LogP contribution in [0, 0.1) is 24.2 Å². The van der Waals surface area contributed by atoms with Gasteiger partial charge in [-0.15, -0.1) is 0 Å². The average Bonchev–Trinajstić information content (AvgIpc) is 2.88. The van der Waals surface area contributed by atoms with Crippen LogP contribution in [-0.4, -0.2) is 23.8 Å². The first-order valence-corrected chi connectivity index (χ1v) is 8.91. The molecule has 2 aliphatic carbocycles. The Morgan fingerprint density at radius 3 is 2.92 bits per heavy atom. The Balaban J connectivity index is 1.77. The minimum Gasteiger partial charge on any atom is -0.469 e. The molecule has 0 amide bonds. The molecule has 1 aromatic rings. The second-order valence-corrected chi connectivity index (χ2v) is 7.78. The molecule has 132 valence electrons. The molecular formula is C20H28O4. The lowest BCUT2D eigenvalue weighted by molar-refractivity contribution is -0.152. The number of aliphatic hydroxyl groups excluding tert-OH is 1. The highest BCUT2D eigenvalue weighted by Crippen LogP contribution is 2.53. The number of ether oxygens (including phenoxy) is 1. The van der Waals surface area contributed by atoms with Crippen molar-refractivity contribution in [2.45, 2.75) is 59.5 Å². The lowest BCUT2D eigenvalue weighted by atomic mass is 9.55. The normalized spacial score (nSPS) is 32.9. The number of furan rings is 1. The first kappa shape index (κ1) is 17.3. The van der Waals surface area contributed by atoms with Gasteiger partial charge in [-0.05, 0) is 61.5 Å². The summed E-state index contributed by atoms with van der Waals surface area (Å²) >= 11 is 0. The molecule has 0 aliphatic heterocycles. The van der Waals surface area contributed by atoms with E-state index < -0.39 is 0 Å². The average molecular weight is 332 g/mol. The van der Waals surface area contributed by atoms with Gasteiger partial charge in [0.15, 0.2) is 0 Å². The van der Waals surface area contributed by atoms with E-state index in [4.69, 9.17) is 9.15 Å². The minimum atomic E-state index is -0.383. The van der Waals surface area contributed by atoms with Crippen LogP contribution >= 0.6 is 0 Å². The van der Waals surface area contributed by atoms with Crippen molar-refractivity contribution in [3.8, 4) is 0 Å². The maximum absolute atomic E-state index is 12.2. The monoisotopic (exact) mass is 332 g/mol. The Morgan fingerprint density at radius 2 is 2.25 bits per heavy atom. The van der Waals surface area contributed by atoms with Gasteiger partial charge in [-0.3, -0.25) is 0 Å². The smallest absolute Gasteiger partial charge is 0.336 e. The first-order chi connectivity index (χ1) is 11.4. The summed E-state index contributed by atoms with van der Waals surface area (Å²) in [6.45, 7) is 8.25. The van der Waals surface area contributed by atoms with E-state index in [9.17, 15) is 9.90 Å². The number of allylic oxidation sites excluding steroid dienone is 1. The molecule has 1 N–H and O–H groups in total. The second-order valence-electron chi connectivity index (χ2n) is 7.78. The number of esters is 1. The maximum atomic E-state index is 12.2. The summed E-state index contributed by atoms with van der Waals surface area (Å²) in [5, 5.41) is 9.24. The molecule has 4 nitrogen and oxygen atoms in total. The van der Waals surface area contributed by atoms with Crippen molar-refractivity contribution in [2.75, 3.05) is 6.61 Å². The molecule has 1 heterocycles. The maximum Gasteiger partial charge on any atom is 0.336 e. The minimum absolute atomic E-state index is 0.0790. The number of aliphatic hydroxyl groups is 1. The third kappa shape index (κ3) is 2.81. The summed E-state index contributed by atoms with van der Waals surface area (Å²) in [6, 6.07) is 0. The van der Waals surface area contributed by atoms with Crippen LogP contribution in [0.25, 0.3) is 0 Å². The third-order valence-corrected chi connectivity index (χ3v) is 6.46. The fourth-order valence-corrected chi connectivity index (χ4v) is 4.52. The summed E-state index contributed by atoms with van der Waals surface area (Å²) in [4.78, 5) is 12.2. The molecule has 0 spiro atoms. The van der Waals surface area contributed by atoms with Gasteiger partial charge >= 0.3 is 5.97 Å². The number of carbonyl (C=O) groups is 1. The number of fused-ring (bicyclic) bond motifs is 2. The van der Waals surface area contributed by atoms with Gasteiger partial charge in [-0.1, -0.05) is 19.9 Å². The first-order valence-electron chi connectivity index (χ1n) is 8.91. The Kier molecular flexibility index (Phi) is 4.60. The summed E-state index contributed by atoms with van der Waals surface area (Å²) in [5.41, 5.74) is 3.20.